The molecule has 0 aromatic heterocycles. The Morgan fingerprint density at radius 1 is 1.33 bits per heavy atom. The highest BCUT2D eigenvalue weighted by molar-refractivity contribution is 5.78. The molecule has 2 unspecified atom stereocenters. The maximum absolute atomic E-state index is 11.2. The Hall–Kier alpha value is -1.35. The van der Waals surface area contributed by atoms with Crippen LogP contribution in [0.4, 0.5) is 0 Å². The average molecular weight is 206 g/mol. The molecule has 0 bridgehead atoms. The number of methoxy groups -OCH3 is 1. The van der Waals surface area contributed by atoms with Gasteiger partial charge in [-0.3, -0.25) is 0 Å². The third-order valence-corrected chi connectivity index (χ3v) is 2.78. The minimum atomic E-state index is -0.405. The first-order chi connectivity index (χ1) is 7.13. The number of aryl methyl sites for hydroxylation is 2. The van der Waals surface area contributed by atoms with Gasteiger partial charge in [-0.1, -0.05) is 18.2 Å². The first-order valence-corrected chi connectivity index (χ1v) is 4.94. The molecular weight excluding hydrogens is 192 g/mol. The van der Waals surface area contributed by atoms with Crippen molar-refractivity contribution < 1.29 is 14.3 Å². The predicted molar refractivity (Wildman–Crippen MR) is 55.5 cm³/mol. The predicted octanol–water partition coefficient (Wildman–Crippen LogP) is 1.92. The van der Waals surface area contributed by atoms with Crippen molar-refractivity contribution in [3.8, 4) is 0 Å². The molecule has 1 saturated heterocycles. The summed E-state index contributed by atoms with van der Waals surface area (Å²) in [4.78, 5) is 11.2. The molecule has 3 heteroatoms. The van der Waals surface area contributed by atoms with E-state index >= 15 is 0 Å². The summed E-state index contributed by atoms with van der Waals surface area (Å²) in [7, 11) is 1.38. The lowest BCUT2D eigenvalue weighted by Crippen LogP contribution is -2.09. The summed E-state index contributed by atoms with van der Waals surface area (Å²) >= 11 is 0. The minimum Gasteiger partial charge on any atom is -0.467 e. The Morgan fingerprint density at radius 3 is 2.67 bits per heavy atom. The van der Waals surface area contributed by atoms with Crippen LogP contribution in [-0.4, -0.2) is 19.2 Å². The van der Waals surface area contributed by atoms with E-state index in [1.165, 1.54) is 18.2 Å². The summed E-state index contributed by atoms with van der Waals surface area (Å²) in [6, 6.07) is 6.10. The zero-order valence-corrected chi connectivity index (χ0v) is 9.11. The molecule has 2 rings (SSSR count). The number of rotatable bonds is 2. The molecule has 0 radical (unpaired) electrons. The summed E-state index contributed by atoms with van der Waals surface area (Å²) < 4.78 is 9.89. The van der Waals surface area contributed by atoms with Gasteiger partial charge in [0.05, 0.1) is 7.11 Å². The second kappa shape index (κ2) is 3.66. The molecule has 0 aliphatic carbocycles. The molecule has 0 amide bonds. The molecule has 1 fully saturated rings. The lowest BCUT2D eigenvalue weighted by molar-refractivity contribution is -0.142. The van der Waals surface area contributed by atoms with E-state index in [4.69, 9.17) is 4.74 Å². The van der Waals surface area contributed by atoms with E-state index in [0.29, 0.717) is 0 Å². The third kappa shape index (κ3) is 1.88. The van der Waals surface area contributed by atoms with Crippen LogP contribution < -0.4 is 0 Å². The van der Waals surface area contributed by atoms with Gasteiger partial charge in [0.2, 0.25) is 0 Å². The number of ether oxygens (including phenoxy) is 2. The topological polar surface area (TPSA) is 38.8 Å². The molecule has 1 heterocycles. The fourth-order valence-electron chi connectivity index (χ4n) is 1.60. The van der Waals surface area contributed by atoms with E-state index in [0.717, 1.165) is 5.56 Å². The van der Waals surface area contributed by atoms with Crippen molar-refractivity contribution in [2.45, 2.75) is 26.1 Å². The lowest BCUT2D eigenvalue weighted by Gasteiger charge is -2.01. The molecule has 2 atom stereocenters. The van der Waals surface area contributed by atoms with Crippen LogP contribution in [0.2, 0.25) is 0 Å². The van der Waals surface area contributed by atoms with Gasteiger partial charge in [0.1, 0.15) is 6.10 Å². The maximum atomic E-state index is 11.2. The fraction of sp³-hybridized carbons (Fsp3) is 0.417. The monoisotopic (exact) mass is 206 g/mol. The fourth-order valence-corrected chi connectivity index (χ4v) is 1.60. The molecule has 0 spiro atoms. The van der Waals surface area contributed by atoms with Gasteiger partial charge in [-0.2, -0.15) is 0 Å². The highest BCUT2D eigenvalue weighted by atomic mass is 16.6. The van der Waals surface area contributed by atoms with Crippen molar-refractivity contribution in [3.05, 3.63) is 34.9 Å². The maximum Gasteiger partial charge on any atom is 0.338 e. The number of carbonyl (C=O) groups is 1. The van der Waals surface area contributed by atoms with Crippen LogP contribution in [0, 0.1) is 13.8 Å². The quantitative estimate of drug-likeness (QED) is 0.548. The molecule has 0 N–H and O–H groups in total. The third-order valence-electron chi connectivity index (χ3n) is 2.78. The number of hydrogen-bond donors (Lipinski definition) is 0. The zero-order chi connectivity index (χ0) is 11.0. The van der Waals surface area contributed by atoms with Gasteiger partial charge < -0.3 is 9.47 Å². The highest BCUT2D eigenvalue weighted by Crippen LogP contribution is 2.39. The van der Waals surface area contributed by atoms with Crippen molar-refractivity contribution in [2.75, 3.05) is 7.11 Å². The Kier molecular flexibility index (Phi) is 2.49. The standard InChI is InChI=1S/C12H14O3/c1-7-4-5-9(6-8(7)2)10-11(15-10)12(13)14-3/h4-6,10-11H,1-3H3. The van der Waals surface area contributed by atoms with Crippen molar-refractivity contribution in [3.63, 3.8) is 0 Å². The van der Waals surface area contributed by atoms with Crippen molar-refractivity contribution in [1.82, 2.24) is 0 Å². The van der Waals surface area contributed by atoms with Gasteiger partial charge in [0.25, 0.3) is 0 Å². The molecule has 1 aromatic rings. The van der Waals surface area contributed by atoms with Crippen molar-refractivity contribution in [2.24, 2.45) is 0 Å². The largest absolute Gasteiger partial charge is 0.467 e. The average Bonchev–Trinajstić information content (AvgIpc) is 3.01. The highest BCUT2D eigenvalue weighted by Gasteiger charge is 2.47. The van der Waals surface area contributed by atoms with Crippen LogP contribution >= 0.6 is 0 Å². The van der Waals surface area contributed by atoms with E-state index in [2.05, 4.69) is 17.7 Å². The van der Waals surface area contributed by atoms with Gasteiger partial charge in [-0.15, -0.1) is 0 Å². The Bertz CT molecular complexity index is 398. The molecular formula is C12H14O3. The van der Waals surface area contributed by atoms with E-state index in [-0.39, 0.29) is 12.1 Å². The zero-order valence-electron chi connectivity index (χ0n) is 9.11. The summed E-state index contributed by atoms with van der Waals surface area (Å²) in [5.41, 5.74) is 3.51. The molecule has 15 heavy (non-hydrogen) atoms. The van der Waals surface area contributed by atoms with E-state index in [1.54, 1.807) is 0 Å². The van der Waals surface area contributed by atoms with Gasteiger partial charge in [-0.05, 0) is 30.5 Å². The summed E-state index contributed by atoms with van der Waals surface area (Å²) in [6.45, 7) is 4.11. The van der Waals surface area contributed by atoms with Crippen LogP contribution in [0.3, 0.4) is 0 Å². The van der Waals surface area contributed by atoms with Crippen LogP contribution in [0.25, 0.3) is 0 Å². The van der Waals surface area contributed by atoms with Crippen molar-refractivity contribution in [1.29, 1.82) is 0 Å². The SMILES string of the molecule is COC(=O)C1OC1c1ccc(C)c(C)c1. The van der Waals surface area contributed by atoms with Gasteiger partial charge in [-0.25, -0.2) is 4.79 Å². The first-order valence-electron chi connectivity index (χ1n) is 4.94. The van der Waals surface area contributed by atoms with Gasteiger partial charge in [0, 0.05) is 0 Å². The minimum absolute atomic E-state index is 0.114. The van der Waals surface area contributed by atoms with E-state index in [9.17, 15) is 4.79 Å². The molecule has 0 saturated carbocycles. The van der Waals surface area contributed by atoms with Gasteiger partial charge in [0.15, 0.2) is 6.10 Å². The van der Waals surface area contributed by atoms with Crippen LogP contribution in [0.15, 0.2) is 18.2 Å². The number of hydrogen-bond acceptors (Lipinski definition) is 3. The smallest absolute Gasteiger partial charge is 0.338 e. The second-order valence-electron chi connectivity index (χ2n) is 3.84. The van der Waals surface area contributed by atoms with Crippen LogP contribution in [-0.2, 0) is 14.3 Å². The van der Waals surface area contributed by atoms with Gasteiger partial charge >= 0.3 is 5.97 Å². The lowest BCUT2D eigenvalue weighted by atomic mass is 10.0. The molecule has 1 aliphatic heterocycles. The van der Waals surface area contributed by atoms with Crippen LogP contribution in [0.5, 0.6) is 0 Å². The Labute approximate surface area is 89.0 Å². The van der Waals surface area contributed by atoms with Crippen molar-refractivity contribution >= 4 is 5.97 Å². The number of esters is 1. The molecule has 1 aromatic carbocycles. The molecule has 80 valence electrons. The number of epoxide rings is 1. The number of carbonyl (C=O) groups excluding carboxylic acids is 1. The van der Waals surface area contributed by atoms with E-state index < -0.39 is 6.10 Å². The molecule has 3 nitrogen and oxygen atoms in total. The first kappa shape index (κ1) is 10.2. The van der Waals surface area contributed by atoms with E-state index in [1.807, 2.05) is 19.1 Å². The summed E-state index contributed by atoms with van der Waals surface area (Å²) in [6.07, 6.45) is -0.520. The second-order valence-corrected chi connectivity index (χ2v) is 3.84. The number of benzene rings is 1. The Balaban J connectivity index is 2.13. The normalized spacial score (nSPS) is 23.7. The van der Waals surface area contributed by atoms with Crippen LogP contribution in [0.1, 0.15) is 22.8 Å². The molecule has 1 aliphatic rings. The Morgan fingerprint density at radius 2 is 2.07 bits per heavy atom. The summed E-state index contributed by atoms with van der Waals surface area (Å²) in [5.74, 6) is -0.293. The summed E-state index contributed by atoms with van der Waals surface area (Å²) in [5, 5.41) is 0.